The lowest BCUT2D eigenvalue weighted by Gasteiger charge is -2.09. The van der Waals surface area contributed by atoms with E-state index in [2.05, 4.69) is 16.4 Å². The van der Waals surface area contributed by atoms with Crippen molar-refractivity contribution in [1.29, 1.82) is 5.26 Å². The molecule has 5 nitrogen and oxygen atoms in total. The summed E-state index contributed by atoms with van der Waals surface area (Å²) in [7, 11) is 0. The van der Waals surface area contributed by atoms with Crippen LogP contribution in [0, 0.1) is 24.7 Å². The fourth-order valence-corrected chi connectivity index (χ4v) is 1.84. The fraction of sp³-hybridized carbons (Fsp3) is 0.176. The van der Waals surface area contributed by atoms with Crippen LogP contribution in [-0.2, 0) is 4.79 Å². The van der Waals surface area contributed by atoms with E-state index >= 15 is 0 Å². The third-order valence-corrected chi connectivity index (χ3v) is 2.91. The first-order valence-corrected chi connectivity index (χ1v) is 6.91. The first-order valence-electron chi connectivity index (χ1n) is 6.91. The molecule has 2 aromatic rings. The molecule has 0 spiro atoms. The first-order chi connectivity index (χ1) is 10.6. The van der Waals surface area contributed by atoms with Crippen LogP contribution in [0.4, 0.5) is 5.69 Å². The highest BCUT2D eigenvalue weighted by Gasteiger charge is 2.05. The Morgan fingerprint density at radius 3 is 2.82 bits per heavy atom. The standard InChI is InChI=1S/C17H16N3O2/c1-3-4-16(21)20-14-6-8-17(19-11-14)22-15-7-5-13(10-18)9-12(15)2/h4-9,11H,3H2,1-2H3,(H,20,21). The van der Waals surface area contributed by atoms with Gasteiger partial charge in [-0.15, -0.1) is 0 Å². The van der Waals surface area contributed by atoms with Crippen molar-refractivity contribution in [2.24, 2.45) is 0 Å². The van der Waals surface area contributed by atoms with Gasteiger partial charge in [0.15, 0.2) is 0 Å². The van der Waals surface area contributed by atoms with Gasteiger partial charge in [-0.05, 0) is 43.2 Å². The second-order valence-electron chi connectivity index (χ2n) is 4.68. The van der Waals surface area contributed by atoms with E-state index in [4.69, 9.17) is 10.00 Å². The van der Waals surface area contributed by atoms with Gasteiger partial charge in [-0.2, -0.15) is 5.26 Å². The van der Waals surface area contributed by atoms with Crippen molar-refractivity contribution < 1.29 is 9.53 Å². The molecule has 2 rings (SSSR count). The summed E-state index contributed by atoms with van der Waals surface area (Å²) in [5, 5.41) is 11.6. The lowest BCUT2D eigenvalue weighted by Crippen LogP contribution is -2.11. The zero-order valence-corrected chi connectivity index (χ0v) is 12.5. The van der Waals surface area contributed by atoms with Crippen LogP contribution in [0.1, 0.15) is 24.5 Å². The van der Waals surface area contributed by atoms with Crippen molar-refractivity contribution in [1.82, 2.24) is 4.98 Å². The number of hydrogen-bond donors (Lipinski definition) is 1. The number of anilines is 1. The summed E-state index contributed by atoms with van der Waals surface area (Å²) in [4.78, 5) is 15.6. The number of rotatable bonds is 5. The minimum Gasteiger partial charge on any atom is -0.439 e. The third kappa shape index (κ3) is 4.06. The maximum absolute atomic E-state index is 11.4. The van der Waals surface area contributed by atoms with Gasteiger partial charge in [-0.3, -0.25) is 4.79 Å². The Bertz CT molecular complexity index is 703. The molecule has 1 heterocycles. The highest BCUT2D eigenvalue weighted by atomic mass is 16.5. The van der Waals surface area contributed by atoms with Crippen LogP contribution in [-0.4, -0.2) is 10.9 Å². The second kappa shape index (κ2) is 7.23. The summed E-state index contributed by atoms with van der Waals surface area (Å²) >= 11 is 0. The van der Waals surface area contributed by atoms with Crippen molar-refractivity contribution in [3.05, 3.63) is 54.1 Å². The molecule has 22 heavy (non-hydrogen) atoms. The van der Waals surface area contributed by atoms with Gasteiger partial charge in [0.2, 0.25) is 11.8 Å². The molecule has 0 aliphatic heterocycles. The third-order valence-electron chi connectivity index (χ3n) is 2.91. The quantitative estimate of drug-likeness (QED) is 0.914. The number of pyridine rings is 1. The van der Waals surface area contributed by atoms with E-state index in [-0.39, 0.29) is 5.91 Å². The number of amides is 1. The Kier molecular flexibility index (Phi) is 5.10. The van der Waals surface area contributed by atoms with Gasteiger partial charge in [-0.1, -0.05) is 6.92 Å². The van der Waals surface area contributed by atoms with Gasteiger partial charge < -0.3 is 10.1 Å². The Morgan fingerprint density at radius 1 is 1.41 bits per heavy atom. The molecule has 1 aromatic carbocycles. The number of nitriles is 1. The molecular formula is C17H16N3O2. The van der Waals surface area contributed by atoms with Crippen molar-refractivity contribution >= 4 is 11.6 Å². The van der Waals surface area contributed by atoms with E-state index in [1.54, 1.807) is 36.8 Å². The number of ether oxygens (including phenoxy) is 1. The van der Waals surface area contributed by atoms with Gasteiger partial charge in [0.25, 0.3) is 0 Å². The van der Waals surface area contributed by atoms with Crippen molar-refractivity contribution in [2.75, 3.05) is 5.32 Å². The van der Waals surface area contributed by atoms with Crippen molar-refractivity contribution in [3.63, 3.8) is 0 Å². The number of carbonyl (C=O) groups is 1. The molecule has 0 unspecified atom stereocenters. The number of hydrogen-bond acceptors (Lipinski definition) is 4. The zero-order valence-electron chi connectivity index (χ0n) is 12.5. The van der Waals surface area contributed by atoms with E-state index in [1.807, 2.05) is 13.8 Å². The van der Waals surface area contributed by atoms with E-state index in [0.717, 1.165) is 5.56 Å². The molecule has 0 atom stereocenters. The SMILES string of the molecule is CC[CH]C(=O)Nc1ccc(Oc2ccc(C#N)cc2C)nc1. The van der Waals surface area contributed by atoms with Gasteiger partial charge >= 0.3 is 0 Å². The molecule has 0 aliphatic carbocycles. The smallest absolute Gasteiger partial charge is 0.228 e. The summed E-state index contributed by atoms with van der Waals surface area (Å²) in [5.74, 6) is 0.911. The number of aromatic nitrogens is 1. The highest BCUT2D eigenvalue weighted by Crippen LogP contribution is 2.24. The predicted molar refractivity (Wildman–Crippen MR) is 83.4 cm³/mol. The molecule has 111 valence electrons. The largest absolute Gasteiger partial charge is 0.439 e. The minimum absolute atomic E-state index is 0.152. The normalized spacial score (nSPS) is 9.86. The average molecular weight is 294 g/mol. The number of aryl methyl sites for hydroxylation is 1. The Hall–Kier alpha value is -2.87. The molecule has 1 radical (unpaired) electrons. The Labute approximate surface area is 129 Å². The Balaban J connectivity index is 2.05. The molecule has 0 saturated carbocycles. The molecular weight excluding hydrogens is 278 g/mol. The van der Waals surface area contributed by atoms with Gasteiger partial charge in [0.05, 0.1) is 23.5 Å². The summed E-state index contributed by atoms with van der Waals surface area (Å²) in [6, 6.07) is 10.7. The van der Waals surface area contributed by atoms with Crippen molar-refractivity contribution in [2.45, 2.75) is 20.3 Å². The van der Waals surface area contributed by atoms with E-state index in [1.165, 1.54) is 6.20 Å². The fourth-order valence-electron chi connectivity index (χ4n) is 1.84. The zero-order chi connectivity index (χ0) is 15.9. The lowest BCUT2D eigenvalue weighted by molar-refractivity contribution is -0.113. The van der Waals surface area contributed by atoms with Gasteiger partial charge in [0.1, 0.15) is 5.75 Å². The molecule has 0 bridgehead atoms. The van der Waals surface area contributed by atoms with Crippen LogP contribution >= 0.6 is 0 Å². The number of nitrogens with zero attached hydrogens (tertiary/aromatic N) is 2. The van der Waals surface area contributed by atoms with Crippen LogP contribution in [0.3, 0.4) is 0 Å². The van der Waals surface area contributed by atoms with Crippen LogP contribution in [0.2, 0.25) is 0 Å². The van der Waals surface area contributed by atoms with Crippen LogP contribution in [0.5, 0.6) is 11.6 Å². The molecule has 0 fully saturated rings. The molecule has 0 saturated heterocycles. The van der Waals surface area contributed by atoms with Gasteiger partial charge in [0, 0.05) is 12.5 Å². The number of nitrogens with one attached hydrogen (secondary N) is 1. The average Bonchev–Trinajstić information content (AvgIpc) is 2.51. The molecule has 1 N–H and O–H groups in total. The number of benzene rings is 1. The maximum Gasteiger partial charge on any atom is 0.228 e. The summed E-state index contributed by atoms with van der Waals surface area (Å²) in [6.07, 6.45) is 3.78. The Morgan fingerprint density at radius 2 is 2.23 bits per heavy atom. The predicted octanol–water partition coefficient (Wildman–Crippen LogP) is 3.61. The molecule has 5 heteroatoms. The minimum atomic E-state index is -0.152. The monoisotopic (exact) mass is 294 g/mol. The molecule has 0 aliphatic rings. The topological polar surface area (TPSA) is 75.0 Å². The van der Waals surface area contributed by atoms with E-state index in [9.17, 15) is 4.79 Å². The van der Waals surface area contributed by atoms with Crippen LogP contribution < -0.4 is 10.1 Å². The van der Waals surface area contributed by atoms with E-state index in [0.29, 0.717) is 29.3 Å². The van der Waals surface area contributed by atoms with E-state index < -0.39 is 0 Å². The number of carbonyl (C=O) groups excluding carboxylic acids is 1. The van der Waals surface area contributed by atoms with Crippen LogP contribution in [0.25, 0.3) is 0 Å². The highest BCUT2D eigenvalue weighted by molar-refractivity contribution is 5.96. The summed E-state index contributed by atoms with van der Waals surface area (Å²) in [5.41, 5.74) is 2.05. The summed E-state index contributed by atoms with van der Waals surface area (Å²) in [6.45, 7) is 3.76. The molecule has 1 aromatic heterocycles. The lowest BCUT2D eigenvalue weighted by atomic mass is 10.1. The van der Waals surface area contributed by atoms with Gasteiger partial charge in [-0.25, -0.2) is 4.98 Å². The van der Waals surface area contributed by atoms with Crippen molar-refractivity contribution in [3.8, 4) is 17.7 Å². The van der Waals surface area contributed by atoms with Crippen LogP contribution in [0.15, 0.2) is 36.5 Å². The maximum atomic E-state index is 11.4. The molecule has 1 amide bonds. The first kappa shape index (κ1) is 15.5. The summed E-state index contributed by atoms with van der Waals surface area (Å²) < 4.78 is 5.68. The second-order valence-corrected chi connectivity index (χ2v) is 4.68.